The Balaban J connectivity index is 2.05. The van der Waals surface area contributed by atoms with E-state index >= 15 is 0 Å². The summed E-state index contributed by atoms with van der Waals surface area (Å²) in [6.07, 6.45) is 5.12. The maximum atomic E-state index is 10.3. The Morgan fingerprint density at radius 1 is 1.47 bits per heavy atom. The molecule has 0 radical (unpaired) electrons. The van der Waals surface area contributed by atoms with Gasteiger partial charge in [-0.15, -0.1) is 0 Å². The lowest BCUT2D eigenvalue weighted by Gasteiger charge is -2.40. The van der Waals surface area contributed by atoms with Crippen molar-refractivity contribution in [3.8, 4) is 0 Å². The molecule has 1 aliphatic carbocycles. The highest BCUT2D eigenvalue weighted by Crippen LogP contribution is 2.41. The number of rotatable bonds is 7. The minimum absolute atomic E-state index is 0.275. The van der Waals surface area contributed by atoms with Gasteiger partial charge in [0.05, 0.1) is 0 Å². The minimum atomic E-state index is -0.699. The molecule has 0 aliphatic heterocycles. The van der Waals surface area contributed by atoms with Crippen molar-refractivity contribution in [2.45, 2.75) is 46.0 Å². The molecule has 3 nitrogen and oxygen atoms in total. The van der Waals surface area contributed by atoms with Gasteiger partial charge in [0.1, 0.15) is 0 Å². The molecule has 1 saturated carbocycles. The molecule has 0 unspecified atom stereocenters. The Morgan fingerprint density at radius 3 is 2.60 bits per heavy atom. The van der Waals surface area contributed by atoms with E-state index in [4.69, 9.17) is 5.11 Å². The Labute approximate surface area is 92.3 Å². The van der Waals surface area contributed by atoms with Gasteiger partial charge >= 0.3 is 5.97 Å². The Kier molecular flexibility index (Phi) is 4.58. The summed E-state index contributed by atoms with van der Waals surface area (Å²) < 4.78 is 0. The average molecular weight is 213 g/mol. The second-order valence-electron chi connectivity index (χ2n) is 5.29. The van der Waals surface area contributed by atoms with Crippen molar-refractivity contribution in [1.29, 1.82) is 0 Å². The molecule has 2 N–H and O–H groups in total. The Morgan fingerprint density at radius 2 is 2.13 bits per heavy atom. The lowest BCUT2D eigenvalue weighted by molar-refractivity contribution is -0.137. The zero-order valence-corrected chi connectivity index (χ0v) is 9.88. The monoisotopic (exact) mass is 213 g/mol. The smallest absolute Gasteiger partial charge is 0.303 e. The summed E-state index contributed by atoms with van der Waals surface area (Å²) >= 11 is 0. The molecule has 0 heterocycles. The third kappa shape index (κ3) is 4.20. The molecule has 1 rings (SSSR count). The minimum Gasteiger partial charge on any atom is -0.481 e. The molecule has 88 valence electrons. The first-order valence-corrected chi connectivity index (χ1v) is 5.95. The van der Waals surface area contributed by atoms with Crippen molar-refractivity contribution in [1.82, 2.24) is 5.32 Å². The number of hydrogen-bond donors (Lipinski definition) is 2. The topological polar surface area (TPSA) is 49.3 Å². The normalized spacial score (nSPS) is 17.5. The first kappa shape index (κ1) is 12.5. The van der Waals surface area contributed by atoms with Crippen LogP contribution in [0, 0.1) is 11.3 Å². The van der Waals surface area contributed by atoms with Gasteiger partial charge in [0.25, 0.3) is 0 Å². The second-order valence-corrected chi connectivity index (χ2v) is 5.29. The first-order chi connectivity index (χ1) is 7.02. The van der Waals surface area contributed by atoms with E-state index in [9.17, 15) is 4.79 Å². The lowest BCUT2D eigenvalue weighted by Crippen LogP contribution is -2.39. The molecule has 0 amide bonds. The van der Waals surface area contributed by atoms with Crippen LogP contribution in [0.25, 0.3) is 0 Å². The molecule has 15 heavy (non-hydrogen) atoms. The van der Waals surface area contributed by atoms with Crippen LogP contribution in [0.4, 0.5) is 0 Å². The van der Waals surface area contributed by atoms with Gasteiger partial charge < -0.3 is 10.4 Å². The van der Waals surface area contributed by atoms with Crippen LogP contribution < -0.4 is 5.32 Å². The third-order valence-corrected chi connectivity index (χ3v) is 3.54. The van der Waals surface area contributed by atoms with Gasteiger partial charge in [0.15, 0.2) is 0 Å². The summed E-state index contributed by atoms with van der Waals surface area (Å²) in [5.74, 6) is 0.166. The molecule has 0 spiro atoms. The zero-order valence-electron chi connectivity index (χ0n) is 9.88. The summed E-state index contributed by atoms with van der Waals surface area (Å²) in [5, 5.41) is 11.8. The Bertz CT molecular complexity index is 210. The SMILES string of the molecule is CC(C)(CNCCCC(=O)O)C1CCC1. The predicted molar refractivity (Wildman–Crippen MR) is 60.9 cm³/mol. The molecule has 1 aliphatic rings. The van der Waals surface area contributed by atoms with Crippen LogP contribution >= 0.6 is 0 Å². The van der Waals surface area contributed by atoms with E-state index in [1.54, 1.807) is 0 Å². The molecule has 0 bridgehead atoms. The number of hydrogen-bond acceptors (Lipinski definition) is 2. The fourth-order valence-electron chi connectivity index (χ4n) is 2.11. The van der Waals surface area contributed by atoms with Crippen molar-refractivity contribution in [3.05, 3.63) is 0 Å². The fraction of sp³-hybridized carbons (Fsp3) is 0.917. The van der Waals surface area contributed by atoms with Gasteiger partial charge in [-0.2, -0.15) is 0 Å². The fourth-order valence-corrected chi connectivity index (χ4v) is 2.11. The van der Waals surface area contributed by atoms with Gasteiger partial charge in [-0.1, -0.05) is 20.3 Å². The predicted octanol–water partition coefficient (Wildman–Crippen LogP) is 2.27. The van der Waals surface area contributed by atoms with Gasteiger partial charge in [0, 0.05) is 13.0 Å². The van der Waals surface area contributed by atoms with Crippen molar-refractivity contribution in [3.63, 3.8) is 0 Å². The number of carboxylic acid groups (broad SMARTS) is 1. The summed E-state index contributed by atoms with van der Waals surface area (Å²) in [6, 6.07) is 0. The van der Waals surface area contributed by atoms with E-state index in [1.165, 1.54) is 19.3 Å². The third-order valence-electron chi connectivity index (χ3n) is 3.54. The first-order valence-electron chi connectivity index (χ1n) is 5.95. The quantitative estimate of drug-likeness (QED) is 0.638. The molecule has 0 aromatic heterocycles. The van der Waals surface area contributed by atoms with Crippen LogP contribution in [0.2, 0.25) is 0 Å². The van der Waals surface area contributed by atoms with Gasteiger partial charge in [-0.3, -0.25) is 4.79 Å². The zero-order chi connectivity index (χ0) is 11.3. The molecule has 1 fully saturated rings. The largest absolute Gasteiger partial charge is 0.481 e. The summed E-state index contributed by atoms with van der Waals surface area (Å²) in [7, 11) is 0. The number of carboxylic acids is 1. The molecule has 0 aromatic carbocycles. The molecule has 0 aromatic rings. The van der Waals surface area contributed by atoms with Crippen LogP contribution in [0.1, 0.15) is 46.0 Å². The highest BCUT2D eigenvalue weighted by Gasteiger charge is 2.33. The maximum Gasteiger partial charge on any atom is 0.303 e. The van der Waals surface area contributed by atoms with Crippen molar-refractivity contribution < 1.29 is 9.90 Å². The highest BCUT2D eigenvalue weighted by atomic mass is 16.4. The number of nitrogens with one attached hydrogen (secondary N) is 1. The number of carbonyl (C=O) groups is 1. The van der Waals surface area contributed by atoms with Gasteiger partial charge in [-0.25, -0.2) is 0 Å². The van der Waals surface area contributed by atoms with Crippen LogP contribution in [-0.2, 0) is 4.79 Å². The second kappa shape index (κ2) is 5.50. The van der Waals surface area contributed by atoms with E-state index in [0.717, 1.165) is 25.4 Å². The van der Waals surface area contributed by atoms with Crippen LogP contribution in [0.3, 0.4) is 0 Å². The van der Waals surface area contributed by atoms with E-state index in [1.807, 2.05) is 0 Å². The van der Waals surface area contributed by atoms with Crippen molar-refractivity contribution in [2.24, 2.45) is 11.3 Å². The van der Waals surface area contributed by atoms with E-state index in [2.05, 4.69) is 19.2 Å². The molecule has 3 heteroatoms. The van der Waals surface area contributed by atoms with Crippen LogP contribution in [-0.4, -0.2) is 24.2 Å². The summed E-state index contributed by atoms with van der Waals surface area (Å²) in [5.41, 5.74) is 0.376. The van der Waals surface area contributed by atoms with Gasteiger partial charge in [0.2, 0.25) is 0 Å². The molecule has 0 saturated heterocycles. The summed E-state index contributed by atoms with van der Waals surface area (Å²) in [6.45, 7) is 6.45. The van der Waals surface area contributed by atoms with E-state index < -0.39 is 5.97 Å². The Hall–Kier alpha value is -0.570. The van der Waals surface area contributed by atoms with E-state index in [0.29, 0.717) is 5.41 Å². The molecule has 0 atom stereocenters. The van der Waals surface area contributed by atoms with Crippen LogP contribution in [0.5, 0.6) is 0 Å². The number of aliphatic carboxylic acids is 1. The highest BCUT2D eigenvalue weighted by molar-refractivity contribution is 5.66. The van der Waals surface area contributed by atoms with Gasteiger partial charge in [-0.05, 0) is 37.1 Å². The van der Waals surface area contributed by atoms with Crippen LogP contribution in [0.15, 0.2) is 0 Å². The summed E-state index contributed by atoms with van der Waals surface area (Å²) in [4.78, 5) is 10.3. The van der Waals surface area contributed by atoms with E-state index in [-0.39, 0.29) is 6.42 Å². The van der Waals surface area contributed by atoms with Crippen molar-refractivity contribution in [2.75, 3.05) is 13.1 Å². The lowest BCUT2D eigenvalue weighted by atomic mass is 9.67. The molecular formula is C12H23NO2. The van der Waals surface area contributed by atoms with Crippen molar-refractivity contribution >= 4 is 5.97 Å². The molecular weight excluding hydrogens is 190 g/mol. The standard InChI is InChI=1S/C12H23NO2/c1-12(2,10-5-3-6-10)9-13-8-4-7-11(14)15/h10,13H,3-9H2,1-2H3,(H,14,15). The average Bonchev–Trinajstić information content (AvgIpc) is 1.98. The maximum absolute atomic E-state index is 10.3.